The maximum absolute atomic E-state index is 12.6. The molecule has 1 aliphatic rings. The third kappa shape index (κ3) is 4.40. The third-order valence-corrected chi connectivity index (χ3v) is 6.50. The summed E-state index contributed by atoms with van der Waals surface area (Å²) in [6, 6.07) is 2.17. The lowest BCUT2D eigenvalue weighted by Crippen LogP contribution is -2.30. The lowest BCUT2D eigenvalue weighted by molar-refractivity contribution is -0.169. The van der Waals surface area contributed by atoms with Crippen molar-refractivity contribution in [2.24, 2.45) is 0 Å². The zero-order chi connectivity index (χ0) is 21.1. The number of hydrogen-bond acceptors (Lipinski definition) is 5. The second-order valence-electron chi connectivity index (χ2n) is 7.82. The molecule has 3 aromatic heterocycles. The Balaban J connectivity index is 1.47. The largest absolute Gasteiger partial charge is 0.361 e. The summed E-state index contributed by atoms with van der Waals surface area (Å²) in [5, 5.41) is 4.07. The van der Waals surface area contributed by atoms with Crippen LogP contribution in [-0.2, 0) is 16.0 Å². The molecule has 0 atom stereocenters. The van der Waals surface area contributed by atoms with Crippen LogP contribution in [0.5, 0.6) is 0 Å². The average Bonchev–Trinajstić information content (AvgIpc) is 3.42. The van der Waals surface area contributed by atoms with Gasteiger partial charge in [-0.3, -0.25) is 9.37 Å². The van der Waals surface area contributed by atoms with Crippen molar-refractivity contribution in [1.29, 1.82) is 0 Å². The van der Waals surface area contributed by atoms with E-state index in [1.807, 2.05) is 20.0 Å². The van der Waals surface area contributed by atoms with Crippen molar-refractivity contribution < 1.29 is 18.4 Å². The molecule has 30 heavy (non-hydrogen) atoms. The van der Waals surface area contributed by atoms with E-state index in [4.69, 9.17) is 19.0 Å². The third-order valence-electron chi connectivity index (χ3n) is 5.71. The Kier molecular flexibility index (Phi) is 6.74. The fourth-order valence-corrected chi connectivity index (χ4v) is 5.02. The van der Waals surface area contributed by atoms with Crippen molar-refractivity contribution in [2.45, 2.75) is 58.3 Å². The van der Waals surface area contributed by atoms with Crippen LogP contribution in [-0.4, -0.2) is 40.4 Å². The Hall–Kier alpha value is -1.52. The molecule has 1 aliphatic heterocycles. The van der Waals surface area contributed by atoms with Crippen LogP contribution in [0.2, 0.25) is 0 Å². The molecule has 162 valence electrons. The highest BCUT2D eigenvalue weighted by Crippen LogP contribution is 2.32. The summed E-state index contributed by atoms with van der Waals surface area (Å²) < 4.78 is 33.0. The molecule has 0 unspecified atom stereocenters. The molecule has 6 nitrogen and oxygen atoms in total. The summed E-state index contributed by atoms with van der Waals surface area (Å²) in [7, 11) is 0. The van der Waals surface area contributed by atoms with Crippen molar-refractivity contribution in [3.63, 3.8) is 0 Å². The number of aromatic nitrogens is 3. The minimum absolute atomic E-state index is 0.331. The van der Waals surface area contributed by atoms with Gasteiger partial charge in [-0.05, 0) is 61.8 Å². The van der Waals surface area contributed by atoms with Gasteiger partial charge in [0.25, 0.3) is 0 Å². The predicted octanol–water partition coefficient (Wildman–Crippen LogP) is 5.58. The van der Waals surface area contributed by atoms with Crippen LogP contribution in [0.1, 0.15) is 43.6 Å². The first-order valence-corrected chi connectivity index (χ1v) is 11.5. The Labute approximate surface area is 189 Å². The molecule has 0 bridgehead atoms. The average molecular weight is 527 g/mol. The Morgan fingerprint density at radius 2 is 1.93 bits per heavy atom. The number of alkyl halides is 1. The summed E-state index contributed by atoms with van der Waals surface area (Å²) >= 11 is 2.34. The lowest BCUT2D eigenvalue weighted by atomic mass is 10.0. The van der Waals surface area contributed by atoms with Gasteiger partial charge in [0.1, 0.15) is 11.3 Å². The standard InChI is InChI=1S/C22H27FIN3O3/c1-15-20(16(2)30-26-15)17-12-19-21(25-13-17)18(24)14-27(19)9-4-3-6-22(7-5-8-23)28-10-11-29-22/h12-14H,3-11H2,1-2H3. The SMILES string of the molecule is Cc1noc(C)c1-c1cnc2c(I)cn(CCCCC3(CCCF)OCCO3)c2c1. The van der Waals surface area contributed by atoms with E-state index in [9.17, 15) is 4.39 Å². The fourth-order valence-electron chi connectivity index (χ4n) is 4.26. The smallest absolute Gasteiger partial charge is 0.168 e. The number of halogens is 2. The van der Waals surface area contributed by atoms with Gasteiger partial charge < -0.3 is 18.6 Å². The normalized spacial score (nSPS) is 16.0. The monoisotopic (exact) mass is 527 g/mol. The van der Waals surface area contributed by atoms with E-state index in [0.717, 1.165) is 63.0 Å². The molecular formula is C22H27FIN3O3. The molecule has 4 rings (SSSR count). The Morgan fingerprint density at radius 1 is 1.17 bits per heavy atom. The number of hydrogen-bond donors (Lipinski definition) is 0. The van der Waals surface area contributed by atoms with Gasteiger partial charge in [-0.2, -0.15) is 0 Å². The first kappa shape index (κ1) is 21.7. The maximum Gasteiger partial charge on any atom is 0.168 e. The summed E-state index contributed by atoms with van der Waals surface area (Å²) in [5.41, 5.74) is 5.02. The number of ether oxygens (including phenoxy) is 2. The lowest BCUT2D eigenvalue weighted by Gasteiger charge is -2.27. The minimum atomic E-state index is -0.586. The maximum atomic E-state index is 12.6. The second-order valence-corrected chi connectivity index (χ2v) is 8.98. The molecule has 4 heterocycles. The van der Waals surface area contributed by atoms with Gasteiger partial charge in [-0.25, -0.2) is 0 Å². The topological polar surface area (TPSA) is 62.3 Å². The van der Waals surface area contributed by atoms with E-state index in [-0.39, 0.29) is 6.67 Å². The summed E-state index contributed by atoms with van der Waals surface area (Å²) in [4.78, 5) is 4.70. The highest BCUT2D eigenvalue weighted by atomic mass is 127. The number of unbranched alkanes of at least 4 members (excludes halogenated alkanes) is 1. The van der Waals surface area contributed by atoms with Gasteiger partial charge in [0.15, 0.2) is 5.79 Å². The van der Waals surface area contributed by atoms with E-state index in [1.54, 1.807) is 0 Å². The van der Waals surface area contributed by atoms with Crippen LogP contribution < -0.4 is 0 Å². The number of pyridine rings is 1. The molecule has 1 saturated heterocycles. The highest BCUT2D eigenvalue weighted by Gasteiger charge is 2.35. The first-order valence-electron chi connectivity index (χ1n) is 10.4. The molecule has 0 N–H and O–H groups in total. The first-order chi connectivity index (χ1) is 14.5. The second kappa shape index (κ2) is 9.32. The molecule has 0 amide bonds. The Bertz CT molecular complexity index is 991. The predicted molar refractivity (Wildman–Crippen MR) is 121 cm³/mol. The zero-order valence-corrected chi connectivity index (χ0v) is 19.6. The van der Waals surface area contributed by atoms with Crippen LogP contribution >= 0.6 is 22.6 Å². The number of fused-ring (bicyclic) bond motifs is 1. The molecular weight excluding hydrogens is 500 g/mol. The highest BCUT2D eigenvalue weighted by molar-refractivity contribution is 14.1. The van der Waals surface area contributed by atoms with Crippen molar-refractivity contribution >= 4 is 33.6 Å². The van der Waals surface area contributed by atoms with Gasteiger partial charge in [0.2, 0.25) is 0 Å². The van der Waals surface area contributed by atoms with Gasteiger partial charge in [-0.15, -0.1) is 0 Å². The molecule has 8 heteroatoms. The van der Waals surface area contributed by atoms with E-state index >= 15 is 0 Å². The number of rotatable bonds is 9. The van der Waals surface area contributed by atoms with Gasteiger partial charge in [0.05, 0.1) is 34.7 Å². The Morgan fingerprint density at radius 3 is 2.63 bits per heavy atom. The van der Waals surface area contributed by atoms with Crippen LogP contribution in [0.4, 0.5) is 4.39 Å². The summed E-state index contributed by atoms with van der Waals surface area (Å²) in [5.74, 6) is 0.216. The molecule has 0 aromatic carbocycles. The molecule has 0 radical (unpaired) electrons. The molecule has 0 aliphatic carbocycles. The zero-order valence-electron chi connectivity index (χ0n) is 17.4. The molecule has 3 aromatic rings. The number of aryl methyl sites for hydroxylation is 3. The van der Waals surface area contributed by atoms with Gasteiger partial charge in [0, 0.05) is 42.9 Å². The van der Waals surface area contributed by atoms with E-state index < -0.39 is 5.79 Å². The quantitative estimate of drug-likeness (QED) is 0.269. The van der Waals surface area contributed by atoms with Crippen LogP contribution in [0, 0.1) is 17.4 Å². The minimum Gasteiger partial charge on any atom is -0.361 e. The van der Waals surface area contributed by atoms with E-state index in [1.165, 1.54) is 0 Å². The van der Waals surface area contributed by atoms with Crippen LogP contribution in [0.25, 0.3) is 22.2 Å². The molecule has 0 saturated carbocycles. The van der Waals surface area contributed by atoms with Crippen molar-refractivity contribution in [3.05, 3.63) is 33.5 Å². The van der Waals surface area contributed by atoms with Crippen molar-refractivity contribution in [2.75, 3.05) is 19.9 Å². The molecule has 0 spiro atoms. The molecule has 1 fully saturated rings. The van der Waals surface area contributed by atoms with E-state index in [2.05, 4.69) is 44.6 Å². The van der Waals surface area contributed by atoms with Crippen molar-refractivity contribution in [3.8, 4) is 11.1 Å². The van der Waals surface area contributed by atoms with Crippen LogP contribution in [0.3, 0.4) is 0 Å². The van der Waals surface area contributed by atoms with Gasteiger partial charge >= 0.3 is 0 Å². The summed E-state index contributed by atoms with van der Waals surface area (Å²) in [6.07, 6.45) is 7.89. The van der Waals surface area contributed by atoms with E-state index in [0.29, 0.717) is 26.1 Å². The summed E-state index contributed by atoms with van der Waals surface area (Å²) in [6.45, 7) is 5.62. The van der Waals surface area contributed by atoms with Crippen LogP contribution in [0.15, 0.2) is 23.0 Å². The number of nitrogens with zero attached hydrogens (tertiary/aromatic N) is 3. The fraction of sp³-hybridized carbons (Fsp3) is 0.545. The van der Waals surface area contributed by atoms with Crippen molar-refractivity contribution in [1.82, 2.24) is 14.7 Å². The van der Waals surface area contributed by atoms with Gasteiger partial charge in [-0.1, -0.05) is 5.16 Å².